The summed E-state index contributed by atoms with van der Waals surface area (Å²) in [5, 5.41) is 0. The van der Waals surface area contributed by atoms with E-state index < -0.39 is 10.0 Å². The van der Waals surface area contributed by atoms with E-state index in [1.54, 1.807) is 17.0 Å². The second-order valence-corrected chi connectivity index (χ2v) is 8.32. The Balaban J connectivity index is 1.96. The van der Waals surface area contributed by atoms with Crippen molar-refractivity contribution in [2.75, 3.05) is 37.7 Å². The van der Waals surface area contributed by atoms with E-state index in [9.17, 15) is 13.2 Å². The van der Waals surface area contributed by atoms with Crippen LogP contribution in [0.2, 0.25) is 0 Å². The van der Waals surface area contributed by atoms with Crippen LogP contribution in [0.5, 0.6) is 0 Å². The molecule has 0 saturated carbocycles. The molecule has 0 radical (unpaired) electrons. The summed E-state index contributed by atoms with van der Waals surface area (Å²) >= 11 is 0. The van der Waals surface area contributed by atoms with Crippen LogP contribution in [0, 0.1) is 6.92 Å². The summed E-state index contributed by atoms with van der Waals surface area (Å²) in [7, 11) is -3.65. The Morgan fingerprint density at radius 1 is 1.11 bits per heavy atom. The number of rotatable bonds is 5. The van der Waals surface area contributed by atoms with Crippen molar-refractivity contribution < 1.29 is 17.9 Å². The minimum absolute atomic E-state index is 0.141. The van der Waals surface area contributed by atoms with Crippen LogP contribution in [0.4, 0.5) is 5.69 Å². The van der Waals surface area contributed by atoms with Gasteiger partial charge in [0.1, 0.15) is 0 Å². The summed E-state index contributed by atoms with van der Waals surface area (Å²) in [5.74, 6) is -0.208. The number of amides is 1. The highest BCUT2D eigenvalue weighted by atomic mass is 32.2. The number of benzene rings is 2. The normalized spacial score (nSPS) is 15.5. The lowest BCUT2D eigenvalue weighted by Crippen LogP contribution is -2.40. The molecule has 7 heteroatoms. The monoisotopic (exact) mass is 388 g/mol. The van der Waals surface area contributed by atoms with Crippen LogP contribution in [0.25, 0.3) is 0 Å². The quantitative estimate of drug-likeness (QED) is 0.790. The molecule has 3 rings (SSSR count). The number of ether oxygens (including phenoxy) is 1. The Bertz CT molecular complexity index is 907. The maximum Gasteiger partial charge on any atom is 0.258 e. The number of hydrogen-bond donors (Lipinski definition) is 0. The van der Waals surface area contributed by atoms with Gasteiger partial charge in [-0.05, 0) is 43.7 Å². The van der Waals surface area contributed by atoms with Crippen molar-refractivity contribution in [3.05, 3.63) is 59.7 Å². The number of para-hydroxylation sites is 1. The zero-order valence-electron chi connectivity index (χ0n) is 15.6. The van der Waals surface area contributed by atoms with Crippen molar-refractivity contribution in [3.8, 4) is 0 Å². The number of sulfonamides is 1. The molecular formula is C20H24N2O4S. The molecule has 0 atom stereocenters. The molecule has 0 aromatic heterocycles. The van der Waals surface area contributed by atoms with Gasteiger partial charge in [0.15, 0.2) is 0 Å². The summed E-state index contributed by atoms with van der Waals surface area (Å²) in [6.07, 6.45) is 0. The molecule has 1 aliphatic rings. The summed E-state index contributed by atoms with van der Waals surface area (Å²) in [6.45, 7) is 5.62. The van der Waals surface area contributed by atoms with E-state index in [0.717, 1.165) is 11.3 Å². The van der Waals surface area contributed by atoms with Gasteiger partial charge in [-0.15, -0.1) is 0 Å². The van der Waals surface area contributed by atoms with E-state index in [1.165, 1.54) is 10.4 Å². The summed E-state index contributed by atoms with van der Waals surface area (Å²) in [5.41, 5.74) is 1.93. The molecule has 0 bridgehead atoms. The van der Waals surface area contributed by atoms with Crippen molar-refractivity contribution >= 4 is 21.6 Å². The third-order valence-electron chi connectivity index (χ3n) is 4.68. The molecule has 1 heterocycles. The molecule has 1 fully saturated rings. The highest BCUT2D eigenvalue weighted by Crippen LogP contribution is 2.23. The average molecular weight is 388 g/mol. The van der Waals surface area contributed by atoms with Crippen LogP contribution in [-0.2, 0) is 14.8 Å². The van der Waals surface area contributed by atoms with Crippen LogP contribution in [0.3, 0.4) is 0 Å². The Morgan fingerprint density at radius 3 is 2.41 bits per heavy atom. The second-order valence-electron chi connectivity index (χ2n) is 6.38. The van der Waals surface area contributed by atoms with Gasteiger partial charge in [0.05, 0.1) is 18.1 Å². The predicted molar refractivity (Wildman–Crippen MR) is 105 cm³/mol. The molecule has 1 amide bonds. The van der Waals surface area contributed by atoms with Gasteiger partial charge in [-0.3, -0.25) is 4.79 Å². The van der Waals surface area contributed by atoms with Gasteiger partial charge >= 0.3 is 0 Å². The molecule has 1 saturated heterocycles. The third-order valence-corrected chi connectivity index (χ3v) is 6.57. The van der Waals surface area contributed by atoms with E-state index >= 15 is 0 Å². The van der Waals surface area contributed by atoms with Gasteiger partial charge in [-0.1, -0.05) is 24.3 Å². The van der Waals surface area contributed by atoms with Gasteiger partial charge in [0.2, 0.25) is 10.0 Å². The summed E-state index contributed by atoms with van der Waals surface area (Å²) < 4.78 is 32.5. The lowest BCUT2D eigenvalue weighted by atomic mass is 10.1. The number of carbonyl (C=O) groups is 1. The molecule has 0 unspecified atom stereocenters. The molecule has 2 aromatic carbocycles. The third kappa shape index (κ3) is 4.05. The Kier molecular flexibility index (Phi) is 5.94. The molecule has 27 heavy (non-hydrogen) atoms. The first-order valence-electron chi connectivity index (χ1n) is 9.00. The van der Waals surface area contributed by atoms with Gasteiger partial charge in [-0.2, -0.15) is 4.31 Å². The van der Waals surface area contributed by atoms with Crippen molar-refractivity contribution in [1.82, 2.24) is 4.31 Å². The molecule has 0 spiro atoms. The standard InChI is InChI=1S/C20H24N2O4S/c1-3-22(17-7-5-4-6-8-17)20(23)19-15-18(10-9-16(19)2)27(24,25)21-11-13-26-14-12-21/h4-10,15H,3,11-14H2,1-2H3. The molecule has 6 nitrogen and oxygen atoms in total. The van der Waals surface area contributed by atoms with Crippen molar-refractivity contribution in [2.24, 2.45) is 0 Å². The Labute approximate surface area is 160 Å². The lowest BCUT2D eigenvalue weighted by molar-refractivity contribution is 0.0730. The SMILES string of the molecule is CCN(C(=O)c1cc(S(=O)(=O)N2CCOCC2)ccc1C)c1ccccc1. The maximum atomic E-state index is 13.2. The van der Waals surface area contributed by atoms with E-state index in [0.29, 0.717) is 38.4 Å². The summed E-state index contributed by atoms with van der Waals surface area (Å²) in [6, 6.07) is 14.1. The number of anilines is 1. The van der Waals surface area contributed by atoms with E-state index in [4.69, 9.17) is 4.74 Å². The average Bonchev–Trinajstić information content (AvgIpc) is 2.70. The number of morpholine rings is 1. The minimum Gasteiger partial charge on any atom is -0.379 e. The molecule has 2 aromatic rings. The van der Waals surface area contributed by atoms with Gasteiger partial charge in [0, 0.05) is 30.9 Å². The van der Waals surface area contributed by atoms with Crippen molar-refractivity contribution in [2.45, 2.75) is 18.7 Å². The number of hydrogen-bond acceptors (Lipinski definition) is 4. The zero-order chi connectivity index (χ0) is 19.4. The fourth-order valence-corrected chi connectivity index (χ4v) is 4.56. The molecule has 0 aliphatic carbocycles. The minimum atomic E-state index is -3.65. The van der Waals surface area contributed by atoms with Crippen LogP contribution in [0.15, 0.2) is 53.4 Å². The lowest BCUT2D eigenvalue weighted by Gasteiger charge is -2.27. The predicted octanol–water partition coefficient (Wildman–Crippen LogP) is 2.68. The maximum absolute atomic E-state index is 13.2. The van der Waals surface area contributed by atoms with Crippen LogP contribution >= 0.6 is 0 Å². The van der Waals surface area contributed by atoms with Crippen LogP contribution in [0.1, 0.15) is 22.8 Å². The van der Waals surface area contributed by atoms with Gasteiger partial charge in [0.25, 0.3) is 5.91 Å². The number of nitrogens with zero attached hydrogens (tertiary/aromatic N) is 2. The smallest absolute Gasteiger partial charge is 0.258 e. The molecular weight excluding hydrogens is 364 g/mol. The molecule has 144 valence electrons. The van der Waals surface area contributed by atoms with Crippen LogP contribution in [-0.4, -0.2) is 51.5 Å². The van der Waals surface area contributed by atoms with E-state index in [-0.39, 0.29) is 10.8 Å². The fourth-order valence-electron chi connectivity index (χ4n) is 3.12. The number of aryl methyl sites for hydroxylation is 1. The first-order valence-corrected chi connectivity index (χ1v) is 10.4. The summed E-state index contributed by atoms with van der Waals surface area (Å²) in [4.78, 5) is 14.9. The Hall–Kier alpha value is -2.22. The van der Waals surface area contributed by atoms with Crippen molar-refractivity contribution in [1.29, 1.82) is 0 Å². The van der Waals surface area contributed by atoms with E-state index in [2.05, 4.69) is 0 Å². The zero-order valence-corrected chi connectivity index (χ0v) is 16.4. The topological polar surface area (TPSA) is 66.9 Å². The number of carbonyl (C=O) groups excluding carboxylic acids is 1. The highest BCUT2D eigenvalue weighted by Gasteiger charge is 2.28. The highest BCUT2D eigenvalue weighted by molar-refractivity contribution is 7.89. The fraction of sp³-hybridized carbons (Fsp3) is 0.350. The molecule has 1 aliphatic heterocycles. The second kappa shape index (κ2) is 8.21. The van der Waals surface area contributed by atoms with E-state index in [1.807, 2.05) is 44.2 Å². The molecule has 0 N–H and O–H groups in total. The van der Waals surface area contributed by atoms with Gasteiger partial charge < -0.3 is 9.64 Å². The van der Waals surface area contributed by atoms with Crippen LogP contribution < -0.4 is 4.90 Å². The van der Waals surface area contributed by atoms with Crippen molar-refractivity contribution in [3.63, 3.8) is 0 Å². The largest absolute Gasteiger partial charge is 0.379 e. The first-order chi connectivity index (χ1) is 12.9. The van der Waals surface area contributed by atoms with Gasteiger partial charge in [-0.25, -0.2) is 8.42 Å². The first kappa shape index (κ1) is 19.5. The Morgan fingerprint density at radius 2 is 1.78 bits per heavy atom.